The van der Waals surface area contributed by atoms with Crippen LogP contribution in [0, 0.1) is 0 Å². The van der Waals surface area contributed by atoms with Crippen molar-refractivity contribution in [3.8, 4) is 5.75 Å². The number of rotatable bonds is 10. The molecule has 0 spiro atoms. The lowest BCUT2D eigenvalue weighted by atomic mass is 10.2. The molecule has 2 amide bonds. The Labute approximate surface area is 160 Å². The van der Waals surface area contributed by atoms with E-state index in [-0.39, 0.29) is 35.9 Å². The van der Waals surface area contributed by atoms with Crippen LogP contribution in [-0.2, 0) is 9.59 Å². The smallest absolute Gasteiger partial charge is 0.247 e. The van der Waals surface area contributed by atoms with E-state index in [0.717, 1.165) is 12.2 Å². The van der Waals surface area contributed by atoms with Gasteiger partial charge in [0, 0.05) is 18.7 Å². The summed E-state index contributed by atoms with van der Waals surface area (Å²) in [5.41, 5.74) is 6.08. The minimum absolute atomic E-state index is 0. The van der Waals surface area contributed by atoms with Gasteiger partial charge in [0.25, 0.3) is 0 Å². The number of unbranched alkanes of at least 4 members (excludes halogenated alkanes) is 3. The number of benzene rings is 1. The molecule has 25 heavy (non-hydrogen) atoms. The first-order valence-corrected chi connectivity index (χ1v) is 9.63. The van der Waals surface area contributed by atoms with Crippen LogP contribution in [0.3, 0.4) is 0 Å². The molecule has 1 unspecified atom stereocenters. The third-order valence-corrected chi connectivity index (χ3v) is 5.15. The first-order valence-electron chi connectivity index (χ1n) is 8.58. The summed E-state index contributed by atoms with van der Waals surface area (Å²) in [6.07, 6.45) is 4.90. The summed E-state index contributed by atoms with van der Waals surface area (Å²) in [5, 5.41) is -0.310. The van der Waals surface area contributed by atoms with Crippen LogP contribution in [0.15, 0.2) is 24.3 Å². The average Bonchev–Trinajstić information content (AvgIpc) is 2.87. The molecule has 1 heterocycles. The van der Waals surface area contributed by atoms with Gasteiger partial charge in [0.1, 0.15) is 5.75 Å². The van der Waals surface area contributed by atoms with Crippen molar-refractivity contribution in [2.24, 2.45) is 5.73 Å². The maximum atomic E-state index is 12.4. The van der Waals surface area contributed by atoms with Gasteiger partial charge in [-0.3, -0.25) is 9.59 Å². The number of nitrogens with zero attached hydrogens (tertiary/aromatic N) is 1. The van der Waals surface area contributed by atoms with Gasteiger partial charge in [-0.1, -0.05) is 26.2 Å². The Balaban J connectivity index is 0.00000312. The van der Waals surface area contributed by atoms with Crippen LogP contribution >= 0.6 is 24.2 Å². The summed E-state index contributed by atoms with van der Waals surface area (Å²) in [7, 11) is 0. The van der Waals surface area contributed by atoms with Gasteiger partial charge in [-0.15, -0.1) is 24.2 Å². The largest absolute Gasteiger partial charge is 0.494 e. The standard InChI is InChI=1S/C18H26N2O3S.ClH/c1-2-3-4-5-11-23-15-8-6-14(7-9-15)20-17(21)13-16(18(20)22)24-12-10-19;/h6-9,16H,2-5,10-13,19H2,1H3;1H. The number of hydrogen-bond acceptors (Lipinski definition) is 5. The second-order valence-corrected chi connectivity index (χ2v) is 7.13. The van der Waals surface area contributed by atoms with Crippen LogP contribution in [0.4, 0.5) is 5.69 Å². The zero-order valence-corrected chi connectivity index (χ0v) is 16.2. The van der Waals surface area contributed by atoms with Crippen molar-refractivity contribution in [1.29, 1.82) is 0 Å². The number of hydrogen-bond donors (Lipinski definition) is 1. The van der Waals surface area contributed by atoms with Crippen molar-refractivity contribution in [1.82, 2.24) is 0 Å². The minimum atomic E-state index is -0.310. The molecule has 1 atom stereocenters. The molecule has 1 fully saturated rings. The predicted octanol–water partition coefficient (Wildman–Crippen LogP) is 3.39. The highest BCUT2D eigenvalue weighted by Crippen LogP contribution is 2.30. The summed E-state index contributed by atoms with van der Waals surface area (Å²) in [6, 6.07) is 7.17. The monoisotopic (exact) mass is 386 g/mol. The molecule has 5 nitrogen and oxygen atoms in total. The Hall–Kier alpha value is -1.24. The van der Waals surface area contributed by atoms with E-state index < -0.39 is 0 Å². The third kappa shape index (κ3) is 6.20. The number of halogens is 1. The quantitative estimate of drug-likeness (QED) is 0.493. The van der Waals surface area contributed by atoms with Crippen molar-refractivity contribution in [2.45, 2.75) is 44.3 Å². The molecule has 1 aromatic rings. The normalized spacial score (nSPS) is 16.9. The molecule has 2 N–H and O–H groups in total. The predicted molar refractivity (Wildman–Crippen MR) is 106 cm³/mol. The van der Waals surface area contributed by atoms with E-state index >= 15 is 0 Å². The van der Waals surface area contributed by atoms with Crippen LogP contribution in [-0.4, -0.2) is 36.0 Å². The molecular formula is C18H27ClN2O3S. The second-order valence-electron chi connectivity index (χ2n) is 5.82. The molecular weight excluding hydrogens is 360 g/mol. The summed E-state index contributed by atoms with van der Waals surface area (Å²) < 4.78 is 5.69. The van der Waals surface area contributed by atoms with Gasteiger partial charge in [0.2, 0.25) is 11.8 Å². The number of carbonyl (C=O) groups is 2. The van der Waals surface area contributed by atoms with Gasteiger partial charge < -0.3 is 10.5 Å². The van der Waals surface area contributed by atoms with Crippen molar-refractivity contribution >= 4 is 41.7 Å². The zero-order valence-electron chi connectivity index (χ0n) is 14.6. The lowest BCUT2D eigenvalue weighted by Gasteiger charge is -2.15. The van der Waals surface area contributed by atoms with Crippen LogP contribution in [0.1, 0.15) is 39.0 Å². The van der Waals surface area contributed by atoms with Gasteiger partial charge in [-0.05, 0) is 30.7 Å². The lowest BCUT2D eigenvalue weighted by Crippen LogP contribution is -2.31. The molecule has 1 aliphatic heterocycles. The third-order valence-electron chi connectivity index (χ3n) is 3.90. The van der Waals surface area contributed by atoms with E-state index in [1.165, 1.54) is 35.9 Å². The Morgan fingerprint density at radius 2 is 1.92 bits per heavy atom. The number of amides is 2. The molecule has 1 aliphatic rings. The summed E-state index contributed by atoms with van der Waals surface area (Å²) in [6.45, 7) is 3.38. The molecule has 0 saturated carbocycles. The minimum Gasteiger partial charge on any atom is -0.494 e. The van der Waals surface area contributed by atoms with Crippen LogP contribution in [0.5, 0.6) is 5.75 Å². The maximum Gasteiger partial charge on any atom is 0.247 e. The Morgan fingerprint density at radius 1 is 1.20 bits per heavy atom. The van der Waals surface area contributed by atoms with E-state index in [1.807, 2.05) is 12.1 Å². The fourth-order valence-electron chi connectivity index (χ4n) is 2.63. The summed E-state index contributed by atoms with van der Waals surface area (Å²) in [5.74, 6) is 1.15. The topological polar surface area (TPSA) is 72.6 Å². The van der Waals surface area contributed by atoms with Gasteiger partial charge in [0.15, 0.2) is 0 Å². The summed E-state index contributed by atoms with van der Waals surface area (Å²) >= 11 is 1.45. The van der Waals surface area contributed by atoms with E-state index in [9.17, 15) is 9.59 Å². The second kappa shape index (κ2) is 11.4. The molecule has 7 heteroatoms. The zero-order chi connectivity index (χ0) is 17.4. The van der Waals surface area contributed by atoms with Crippen molar-refractivity contribution in [3.05, 3.63) is 24.3 Å². The van der Waals surface area contributed by atoms with E-state index in [4.69, 9.17) is 10.5 Å². The Morgan fingerprint density at radius 3 is 2.56 bits per heavy atom. The van der Waals surface area contributed by atoms with E-state index in [2.05, 4.69) is 6.92 Å². The van der Waals surface area contributed by atoms with Gasteiger partial charge >= 0.3 is 0 Å². The molecule has 140 valence electrons. The fraction of sp³-hybridized carbons (Fsp3) is 0.556. The van der Waals surface area contributed by atoms with Gasteiger partial charge in [-0.2, -0.15) is 0 Å². The molecule has 0 aromatic heterocycles. The van der Waals surface area contributed by atoms with E-state index in [1.54, 1.807) is 12.1 Å². The molecule has 2 rings (SSSR count). The fourth-order valence-corrected chi connectivity index (χ4v) is 3.56. The van der Waals surface area contributed by atoms with Crippen LogP contribution in [0.25, 0.3) is 0 Å². The Kier molecular flexibility index (Phi) is 9.93. The first-order chi connectivity index (χ1) is 11.7. The highest BCUT2D eigenvalue weighted by atomic mass is 35.5. The Bertz CT molecular complexity index is 554. The molecule has 1 saturated heterocycles. The number of carbonyl (C=O) groups excluding carboxylic acids is 2. The van der Waals surface area contributed by atoms with Crippen LogP contribution < -0.4 is 15.4 Å². The van der Waals surface area contributed by atoms with Crippen molar-refractivity contribution in [3.63, 3.8) is 0 Å². The van der Waals surface area contributed by atoms with Crippen molar-refractivity contribution < 1.29 is 14.3 Å². The molecule has 0 aliphatic carbocycles. The van der Waals surface area contributed by atoms with Crippen molar-refractivity contribution in [2.75, 3.05) is 23.8 Å². The SMILES string of the molecule is CCCCCCOc1ccc(N2C(=O)CC(SCCN)C2=O)cc1.Cl. The first kappa shape index (κ1) is 21.8. The number of anilines is 1. The number of imide groups is 1. The molecule has 1 aromatic carbocycles. The lowest BCUT2D eigenvalue weighted by molar-refractivity contribution is -0.121. The van der Waals surface area contributed by atoms with Gasteiger partial charge in [0.05, 0.1) is 17.5 Å². The molecule has 0 bridgehead atoms. The van der Waals surface area contributed by atoms with E-state index in [0.29, 0.717) is 24.6 Å². The number of nitrogens with two attached hydrogens (primary N) is 1. The highest BCUT2D eigenvalue weighted by molar-refractivity contribution is 8.00. The number of ether oxygens (including phenoxy) is 1. The van der Waals surface area contributed by atoms with Crippen LogP contribution in [0.2, 0.25) is 0 Å². The van der Waals surface area contributed by atoms with Gasteiger partial charge in [-0.25, -0.2) is 4.90 Å². The molecule has 0 radical (unpaired) electrons. The number of thioether (sulfide) groups is 1. The maximum absolute atomic E-state index is 12.4. The summed E-state index contributed by atoms with van der Waals surface area (Å²) in [4.78, 5) is 25.8. The highest BCUT2D eigenvalue weighted by Gasteiger charge is 2.39. The average molecular weight is 387 g/mol.